The van der Waals surface area contributed by atoms with Gasteiger partial charge in [-0.1, -0.05) is 17.7 Å². The fraction of sp³-hybridized carbons (Fsp3) is 0.154. The average molecular weight is 266 g/mol. The van der Waals surface area contributed by atoms with Crippen LogP contribution in [0.3, 0.4) is 0 Å². The molecule has 0 N–H and O–H groups in total. The Hall–Kier alpha value is -1.19. The predicted octanol–water partition coefficient (Wildman–Crippen LogP) is 4.04. The molecule has 2 aromatic rings. The first kappa shape index (κ1) is 12.3. The highest BCUT2D eigenvalue weighted by molar-refractivity contribution is 7.98. The Balaban J connectivity index is 2.02. The Morgan fingerprint density at radius 2 is 2.18 bits per heavy atom. The summed E-state index contributed by atoms with van der Waals surface area (Å²) in [6, 6.07) is 11.6. The van der Waals surface area contributed by atoms with E-state index < -0.39 is 0 Å². The second-order valence-electron chi connectivity index (χ2n) is 3.43. The van der Waals surface area contributed by atoms with Gasteiger partial charge in [0.15, 0.2) is 0 Å². The number of pyridine rings is 1. The van der Waals surface area contributed by atoms with E-state index in [4.69, 9.17) is 16.3 Å². The van der Waals surface area contributed by atoms with Crippen LogP contribution < -0.4 is 4.74 Å². The SMILES string of the molecule is COc1cccc(SCc2cc(Cl)ccn2)c1. The lowest BCUT2D eigenvalue weighted by atomic mass is 10.3. The van der Waals surface area contributed by atoms with Crippen molar-refractivity contribution in [2.45, 2.75) is 10.6 Å². The first-order valence-electron chi connectivity index (χ1n) is 5.15. The van der Waals surface area contributed by atoms with Crippen LogP contribution in [0, 0.1) is 0 Å². The molecule has 1 aromatic heterocycles. The van der Waals surface area contributed by atoms with Gasteiger partial charge in [0, 0.05) is 21.9 Å². The maximum absolute atomic E-state index is 5.91. The fourth-order valence-corrected chi connectivity index (χ4v) is 2.40. The summed E-state index contributed by atoms with van der Waals surface area (Å²) in [5, 5.41) is 0.723. The molecule has 0 aliphatic rings. The molecule has 2 rings (SSSR count). The third-order valence-corrected chi connectivity index (χ3v) is 3.47. The quantitative estimate of drug-likeness (QED) is 0.779. The second kappa shape index (κ2) is 5.94. The highest BCUT2D eigenvalue weighted by atomic mass is 35.5. The average Bonchev–Trinajstić information content (AvgIpc) is 2.37. The Labute approximate surface area is 110 Å². The molecule has 0 unspecified atom stereocenters. The van der Waals surface area contributed by atoms with Crippen molar-refractivity contribution in [2.75, 3.05) is 7.11 Å². The second-order valence-corrected chi connectivity index (χ2v) is 4.92. The number of hydrogen-bond acceptors (Lipinski definition) is 3. The summed E-state index contributed by atoms with van der Waals surface area (Å²) < 4.78 is 5.18. The van der Waals surface area contributed by atoms with Gasteiger partial charge in [-0.25, -0.2) is 0 Å². The van der Waals surface area contributed by atoms with Crippen LogP contribution in [0.1, 0.15) is 5.69 Å². The Morgan fingerprint density at radius 3 is 2.94 bits per heavy atom. The van der Waals surface area contributed by atoms with Crippen molar-refractivity contribution in [2.24, 2.45) is 0 Å². The summed E-state index contributed by atoms with van der Waals surface area (Å²) in [5.74, 6) is 1.67. The standard InChI is InChI=1S/C13H12ClNOS/c1-16-12-3-2-4-13(8-12)17-9-11-7-10(14)5-6-15-11/h2-8H,9H2,1H3. The molecule has 2 nitrogen and oxygen atoms in total. The van der Waals surface area contributed by atoms with Crippen LogP contribution in [0.15, 0.2) is 47.5 Å². The molecule has 4 heteroatoms. The number of thioether (sulfide) groups is 1. The number of nitrogens with zero attached hydrogens (tertiary/aromatic N) is 1. The summed E-state index contributed by atoms with van der Waals surface area (Å²) in [6.45, 7) is 0. The number of rotatable bonds is 4. The van der Waals surface area contributed by atoms with Crippen LogP contribution in [0.5, 0.6) is 5.75 Å². The monoisotopic (exact) mass is 265 g/mol. The molecule has 0 bridgehead atoms. The predicted molar refractivity (Wildman–Crippen MR) is 71.8 cm³/mol. The summed E-state index contributed by atoms with van der Waals surface area (Å²) in [7, 11) is 1.67. The van der Waals surface area contributed by atoms with Gasteiger partial charge in [0.2, 0.25) is 0 Å². The van der Waals surface area contributed by atoms with Crippen LogP contribution in [0.4, 0.5) is 0 Å². The first-order valence-corrected chi connectivity index (χ1v) is 6.51. The highest BCUT2D eigenvalue weighted by Crippen LogP contribution is 2.25. The van der Waals surface area contributed by atoms with Crippen LogP contribution in [0.25, 0.3) is 0 Å². The van der Waals surface area contributed by atoms with Crippen LogP contribution in [-0.4, -0.2) is 12.1 Å². The van der Waals surface area contributed by atoms with Gasteiger partial charge in [-0.3, -0.25) is 4.98 Å². The number of ether oxygens (including phenoxy) is 1. The van der Waals surface area contributed by atoms with E-state index in [-0.39, 0.29) is 0 Å². The maximum atomic E-state index is 5.91. The van der Waals surface area contributed by atoms with E-state index in [0.717, 1.165) is 27.1 Å². The van der Waals surface area contributed by atoms with Crippen LogP contribution >= 0.6 is 23.4 Å². The lowest BCUT2D eigenvalue weighted by molar-refractivity contribution is 0.413. The van der Waals surface area contributed by atoms with Gasteiger partial charge in [0.1, 0.15) is 5.75 Å². The van der Waals surface area contributed by atoms with Gasteiger partial charge in [0.05, 0.1) is 12.8 Å². The fourth-order valence-electron chi connectivity index (χ4n) is 1.38. The van der Waals surface area contributed by atoms with E-state index in [1.807, 2.05) is 24.3 Å². The number of halogens is 1. The van der Waals surface area contributed by atoms with Crippen molar-refractivity contribution in [3.63, 3.8) is 0 Å². The topological polar surface area (TPSA) is 22.1 Å². The molecule has 17 heavy (non-hydrogen) atoms. The molecule has 1 aromatic carbocycles. The first-order chi connectivity index (χ1) is 8.28. The highest BCUT2D eigenvalue weighted by Gasteiger charge is 2.00. The van der Waals surface area contributed by atoms with E-state index in [2.05, 4.69) is 11.1 Å². The summed E-state index contributed by atoms with van der Waals surface area (Å²) >= 11 is 7.62. The van der Waals surface area contributed by atoms with Gasteiger partial charge in [0.25, 0.3) is 0 Å². The van der Waals surface area contributed by atoms with Crippen molar-refractivity contribution >= 4 is 23.4 Å². The molecule has 0 fully saturated rings. The molecule has 0 aliphatic carbocycles. The van der Waals surface area contributed by atoms with Crippen molar-refractivity contribution in [1.29, 1.82) is 0 Å². The number of benzene rings is 1. The Kier molecular flexibility index (Phi) is 4.29. The van der Waals surface area contributed by atoms with Gasteiger partial charge in [-0.15, -0.1) is 11.8 Å². The zero-order valence-corrected chi connectivity index (χ0v) is 11.0. The molecule has 0 aliphatic heterocycles. The lowest BCUT2D eigenvalue weighted by Crippen LogP contribution is -1.86. The molecule has 0 saturated carbocycles. The minimum absolute atomic E-state index is 0.723. The van der Waals surface area contributed by atoms with Crippen LogP contribution in [0.2, 0.25) is 5.02 Å². The lowest BCUT2D eigenvalue weighted by Gasteiger charge is -2.04. The molecule has 0 spiro atoms. The largest absolute Gasteiger partial charge is 0.497 e. The summed E-state index contributed by atoms with van der Waals surface area (Å²) in [5.41, 5.74) is 0.977. The van der Waals surface area contributed by atoms with E-state index in [9.17, 15) is 0 Å². The zero-order valence-electron chi connectivity index (χ0n) is 9.39. The third kappa shape index (κ3) is 3.65. The number of hydrogen-bond donors (Lipinski definition) is 0. The van der Waals surface area contributed by atoms with Gasteiger partial charge in [-0.05, 0) is 30.3 Å². The van der Waals surface area contributed by atoms with Crippen LogP contribution in [-0.2, 0) is 5.75 Å². The van der Waals surface area contributed by atoms with E-state index >= 15 is 0 Å². The third-order valence-electron chi connectivity index (χ3n) is 2.21. The Bertz CT molecular complexity index is 504. The summed E-state index contributed by atoms with van der Waals surface area (Å²) in [6.07, 6.45) is 1.73. The normalized spacial score (nSPS) is 10.2. The molecule has 0 amide bonds. The van der Waals surface area contributed by atoms with Crippen molar-refractivity contribution in [3.05, 3.63) is 53.3 Å². The van der Waals surface area contributed by atoms with Gasteiger partial charge in [-0.2, -0.15) is 0 Å². The Morgan fingerprint density at radius 1 is 1.29 bits per heavy atom. The molecular weight excluding hydrogens is 254 g/mol. The van der Waals surface area contributed by atoms with Crippen molar-refractivity contribution in [1.82, 2.24) is 4.98 Å². The molecule has 0 saturated heterocycles. The molecule has 0 radical (unpaired) electrons. The molecule has 88 valence electrons. The van der Waals surface area contributed by atoms with Crippen molar-refractivity contribution in [3.8, 4) is 5.75 Å². The van der Waals surface area contributed by atoms with Gasteiger partial charge < -0.3 is 4.74 Å². The summed E-state index contributed by atoms with van der Waals surface area (Å²) in [4.78, 5) is 5.42. The number of aromatic nitrogens is 1. The van der Waals surface area contributed by atoms with Gasteiger partial charge >= 0.3 is 0 Å². The van der Waals surface area contributed by atoms with Crippen molar-refractivity contribution < 1.29 is 4.74 Å². The molecule has 0 atom stereocenters. The molecular formula is C13H12ClNOS. The molecule has 1 heterocycles. The zero-order chi connectivity index (χ0) is 12.1. The maximum Gasteiger partial charge on any atom is 0.119 e. The van der Waals surface area contributed by atoms with E-state index in [0.29, 0.717) is 0 Å². The minimum Gasteiger partial charge on any atom is -0.497 e. The minimum atomic E-state index is 0.723. The number of methoxy groups -OCH3 is 1. The smallest absolute Gasteiger partial charge is 0.119 e. The van der Waals surface area contributed by atoms with E-state index in [1.165, 1.54) is 0 Å². The van der Waals surface area contributed by atoms with E-state index in [1.54, 1.807) is 31.1 Å².